The molecule has 1 aliphatic rings. The van der Waals surface area contributed by atoms with E-state index in [1.807, 2.05) is 48.5 Å². The monoisotopic (exact) mass is 444 g/mol. The van der Waals surface area contributed by atoms with Gasteiger partial charge >= 0.3 is 5.69 Å². The summed E-state index contributed by atoms with van der Waals surface area (Å²) in [5.74, 6) is -0.203. The van der Waals surface area contributed by atoms with Crippen molar-refractivity contribution in [3.63, 3.8) is 0 Å². The van der Waals surface area contributed by atoms with Gasteiger partial charge in [-0.05, 0) is 11.1 Å². The van der Waals surface area contributed by atoms with Crippen LogP contribution in [0.1, 0.15) is 11.1 Å². The molecule has 2 aromatic carbocycles. The highest BCUT2D eigenvalue weighted by Gasteiger charge is 2.21. The van der Waals surface area contributed by atoms with Crippen LogP contribution >= 0.6 is 0 Å². The molecular weight excluding hydrogens is 416 g/mol. The summed E-state index contributed by atoms with van der Waals surface area (Å²) in [6.07, 6.45) is 5.71. The van der Waals surface area contributed by atoms with Crippen LogP contribution in [0.5, 0.6) is 0 Å². The van der Waals surface area contributed by atoms with Crippen LogP contribution in [0.4, 0.5) is 0 Å². The molecular formula is C26H28N4O3. The number of piperazine rings is 1. The van der Waals surface area contributed by atoms with E-state index in [2.05, 4.69) is 29.2 Å². The zero-order chi connectivity index (χ0) is 23.0. The van der Waals surface area contributed by atoms with Crippen molar-refractivity contribution < 1.29 is 4.79 Å². The van der Waals surface area contributed by atoms with Crippen molar-refractivity contribution in [3.8, 4) is 0 Å². The Morgan fingerprint density at radius 3 is 2.21 bits per heavy atom. The molecule has 1 amide bonds. The molecule has 7 heteroatoms. The summed E-state index contributed by atoms with van der Waals surface area (Å²) in [6.45, 7) is 3.61. The fourth-order valence-electron chi connectivity index (χ4n) is 3.92. The molecule has 1 saturated heterocycles. The highest BCUT2D eigenvalue weighted by atomic mass is 16.2. The Morgan fingerprint density at radius 1 is 0.848 bits per heavy atom. The predicted molar refractivity (Wildman–Crippen MR) is 129 cm³/mol. The molecule has 0 unspecified atom stereocenters. The van der Waals surface area contributed by atoms with E-state index in [1.54, 1.807) is 4.90 Å². The van der Waals surface area contributed by atoms with Crippen molar-refractivity contribution in [2.45, 2.75) is 13.1 Å². The number of carbonyl (C=O) groups is 1. The zero-order valence-electron chi connectivity index (χ0n) is 18.5. The third-order valence-electron chi connectivity index (χ3n) is 5.83. The Labute approximate surface area is 192 Å². The number of amides is 1. The maximum atomic E-state index is 12.8. The van der Waals surface area contributed by atoms with Crippen molar-refractivity contribution in [1.29, 1.82) is 0 Å². The molecule has 0 aliphatic carbocycles. The fourth-order valence-corrected chi connectivity index (χ4v) is 3.92. The Bertz CT molecular complexity index is 1210. The third-order valence-corrected chi connectivity index (χ3v) is 5.83. The van der Waals surface area contributed by atoms with E-state index >= 15 is 0 Å². The summed E-state index contributed by atoms with van der Waals surface area (Å²) in [5, 5.41) is 0. The zero-order valence-corrected chi connectivity index (χ0v) is 18.5. The van der Waals surface area contributed by atoms with Gasteiger partial charge in [-0.3, -0.25) is 23.6 Å². The van der Waals surface area contributed by atoms with Gasteiger partial charge in [-0.15, -0.1) is 0 Å². The normalized spacial score (nSPS) is 14.6. The molecule has 2 heterocycles. The fraction of sp³-hybridized carbons (Fsp3) is 0.269. The maximum Gasteiger partial charge on any atom is 0.331 e. The molecule has 33 heavy (non-hydrogen) atoms. The van der Waals surface area contributed by atoms with Crippen LogP contribution in [0, 0.1) is 0 Å². The summed E-state index contributed by atoms with van der Waals surface area (Å²) >= 11 is 0. The van der Waals surface area contributed by atoms with Crippen LogP contribution in [0.3, 0.4) is 0 Å². The van der Waals surface area contributed by atoms with E-state index < -0.39 is 11.2 Å². The first kappa shape index (κ1) is 22.5. The highest BCUT2D eigenvalue weighted by Crippen LogP contribution is 2.05. The lowest BCUT2D eigenvalue weighted by Crippen LogP contribution is -2.51. The predicted octanol–water partition coefficient (Wildman–Crippen LogP) is 1.92. The topological polar surface area (TPSA) is 67.5 Å². The quantitative estimate of drug-likeness (QED) is 0.559. The molecule has 3 aromatic rings. The number of hydrogen-bond donors (Lipinski definition) is 0. The minimum atomic E-state index is -0.468. The molecule has 0 bridgehead atoms. The third kappa shape index (κ3) is 5.96. The molecule has 1 fully saturated rings. The number of carbonyl (C=O) groups excluding carboxylic acids is 1. The van der Waals surface area contributed by atoms with E-state index in [0.717, 1.165) is 35.3 Å². The largest absolute Gasteiger partial charge is 0.339 e. The molecule has 170 valence electrons. The van der Waals surface area contributed by atoms with Crippen molar-refractivity contribution in [1.82, 2.24) is 18.9 Å². The SMILES string of the molecule is O=C(Cn1c(=O)ccn(Cc2ccccc2)c1=O)N1CCN(CC=Cc2ccccc2)CC1. The highest BCUT2D eigenvalue weighted by molar-refractivity contribution is 5.76. The standard InChI is InChI=1S/C26H28N4O3/c31-24-13-15-29(20-23-10-5-2-6-11-23)26(33)30(24)21-25(32)28-18-16-27(17-19-28)14-7-12-22-8-3-1-4-9-22/h1-13,15H,14,16-21H2. The lowest BCUT2D eigenvalue weighted by Gasteiger charge is -2.34. The molecule has 4 rings (SSSR count). The second kappa shape index (κ2) is 10.7. The Balaban J connectivity index is 1.33. The van der Waals surface area contributed by atoms with Crippen LogP contribution in [-0.2, 0) is 17.9 Å². The van der Waals surface area contributed by atoms with Crippen LogP contribution in [0.2, 0.25) is 0 Å². The minimum Gasteiger partial charge on any atom is -0.339 e. The Hall–Kier alpha value is -3.71. The van der Waals surface area contributed by atoms with Gasteiger partial charge in [-0.25, -0.2) is 4.79 Å². The van der Waals surface area contributed by atoms with E-state index in [9.17, 15) is 14.4 Å². The number of rotatable bonds is 7. The summed E-state index contributed by atoms with van der Waals surface area (Å²) in [7, 11) is 0. The van der Waals surface area contributed by atoms with Gasteiger partial charge in [0.1, 0.15) is 6.54 Å². The van der Waals surface area contributed by atoms with E-state index in [-0.39, 0.29) is 12.5 Å². The van der Waals surface area contributed by atoms with E-state index in [0.29, 0.717) is 19.6 Å². The van der Waals surface area contributed by atoms with Crippen molar-refractivity contribution in [3.05, 3.63) is 111 Å². The van der Waals surface area contributed by atoms with Crippen LogP contribution in [0.25, 0.3) is 6.08 Å². The second-order valence-electron chi connectivity index (χ2n) is 8.13. The average molecular weight is 445 g/mol. The molecule has 0 atom stereocenters. The summed E-state index contributed by atoms with van der Waals surface area (Å²) in [5.41, 5.74) is 1.19. The van der Waals surface area contributed by atoms with Gasteiger partial charge in [-0.1, -0.05) is 72.8 Å². The first-order valence-electron chi connectivity index (χ1n) is 11.2. The molecule has 1 aliphatic heterocycles. The van der Waals surface area contributed by atoms with Gasteiger partial charge in [0.05, 0.1) is 6.54 Å². The molecule has 1 aromatic heterocycles. The summed E-state index contributed by atoms with van der Waals surface area (Å²) in [4.78, 5) is 42.0. The van der Waals surface area contributed by atoms with E-state index in [4.69, 9.17) is 0 Å². The Kier molecular flexibility index (Phi) is 7.32. The lowest BCUT2D eigenvalue weighted by molar-refractivity contribution is -0.133. The number of hydrogen-bond acceptors (Lipinski definition) is 4. The van der Waals surface area contributed by atoms with Crippen LogP contribution in [0.15, 0.2) is 88.6 Å². The van der Waals surface area contributed by atoms with Gasteiger partial charge < -0.3 is 4.90 Å². The minimum absolute atomic E-state index is 0.203. The number of benzene rings is 2. The second-order valence-corrected chi connectivity index (χ2v) is 8.13. The Morgan fingerprint density at radius 2 is 1.52 bits per heavy atom. The maximum absolute atomic E-state index is 12.8. The molecule has 0 spiro atoms. The number of nitrogens with zero attached hydrogens (tertiary/aromatic N) is 4. The van der Waals surface area contributed by atoms with Crippen molar-refractivity contribution in [2.24, 2.45) is 0 Å². The van der Waals surface area contributed by atoms with Gasteiger partial charge in [0.15, 0.2) is 0 Å². The van der Waals surface area contributed by atoms with E-state index in [1.165, 1.54) is 16.8 Å². The van der Waals surface area contributed by atoms with Gasteiger partial charge in [0.25, 0.3) is 5.56 Å². The van der Waals surface area contributed by atoms with Gasteiger partial charge in [0.2, 0.25) is 5.91 Å². The summed E-state index contributed by atoms with van der Waals surface area (Å²) in [6, 6.07) is 21.0. The van der Waals surface area contributed by atoms with Crippen LogP contribution < -0.4 is 11.2 Å². The molecule has 0 N–H and O–H groups in total. The summed E-state index contributed by atoms with van der Waals surface area (Å²) < 4.78 is 2.49. The van der Waals surface area contributed by atoms with Crippen molar-refractivity contribution in [2.75, 3.05) is 32.7 Å². The molecule has 0 saturated carbocycles. The smallest absolute Gasteiger partial charge is 0.331 e. The first-order chi connectivity index (χ1) is 16.1. The number of aromatic nitrogens is 2. The van der Waals surface area contributed by atoms with Gasteiger partial charge in [0, 0.05) is 45.0 Å². The molecule has 7 nitrogen and oxygen atoms in total. The lowest BCUT2D eigenvalue weighted by atomic mass is 10.2. The first-order valence-corrected chi connectivity index (χ1v) is 11.2. The average Bonchev–Trinajstić information content (AvgIpc) is 2.85. The van der Waals surface area contributed by atoms with Crippen molar-refractivity contribution >= 4 is 12.0 Å². The molecule has 0 radical (unpaired) electrons. The van der Waals surface area contributed by atoms with Crippen LogP contribution in [-0.4, -0.2) is 57.6 Å². The van der Waals surface area contributed by atoms with Gasteiger partial charge in [-0.2, -0.15) is 0 Å².